The number of benzene rings is 2. The number of aryl methyl sites for hydroxylation is 1. The fourth-order valence-corrected chi connectivity index (χ4v) is 3.03. The Hall–Kier alpha value is -1.76. The molecule has 0 bridgehead atoms. The molecule has 0 unspecified atom stereocenters. The third-order valence-electron chi connectivity index (χ3n) is 2.78. The Morgan fingerprint density at radius 3 is 2.36 bits per heavy atom. The molecule has 0 spiro atoms. The van der Waals surface area contributed by atoms with Gasteiger partial charge in [-0.2, -0.15) is 8.42 Å². The van der Waals surface area contributed by atoms with Crippen LogP contribution in [0.2, 0.25) is 10.0 Å². The number of carbonyl (C=O) groups excluding carboxylic acids is 1. The van der Waals surface area contributed by atoms with Crippen LogP contribution in [-0.2, 0) is 10.1 Å². The molecule has 0 aliphatic rings. The van der Waals surface area contributed by atoms with Gasteiger partial charge in [-0.25, -0.2) is 0 Å². The molecule has 8 heteroatoms. The van der Waals surface area contributed by atoms with Crippen LogP contribution in [0.1, 0.15) is 15.9 Å². The molecule has 0 heterocycles. The molecular weight excluding hydrogens is 349 g/mol. The van der Waals surface area contributed by atoms with E-state index >= 15 is 0 Å². The SMILES string of the molecule is Cc1ccc(C(N)=O)c(OS(=O)(=O)c2ccc(Cl)c(Cl)c2)c1. The van der Waals surface area contributed by atoms with Crippen molar-refractivity contribution < 1.29 is 17.4 Å². The molecule has 0 aromatic heterocycles. The van der Waals surface area contributed by atoms with Crippen molar-refractivity contribution in [2.75, 3.05) is 0 Å². The Kier molecular flexibility index (Phi) is 4.65. The second kappa shape index (κ2) is 6.16. The molecule has 2 N–H and O–H groups in total. The molecule has 0 saturated heterocycles. The van der Waals surface area contributed by atoms with Crippen LogP contribution in [0.15, 0.2) is 41.3 Å². The zero-order chi connectivity index (χ0) is 16.5. The smallest absolute Gasteiger partial charge is 0.339 e. The molecule has 0 fully saturated rings. The quantitative estimate of drug-likeness (QED) is 0.849. The Bertz CT molecular complexity index is 850. The summed E-state index contributed by atoms with van der Waals surface area (Å²) in [6, 6.07) is 8.19. The minimum atomic E-state index is -4.18. The average Bonchev–Trinajstić information content (AvgIpc) is 2.41. The summed E-state index contributed by atoms with van der Waals surface area (Å²) in [6.45, 7) is 1.73. The first kappa shape index (κ1) is 16.6. The van der Waals surface area contributed by atoms with E-state index in [0.717, 1.165) is 0 Å². The standard InChI is InChI=1S/C14H11Cl2NO4S/c1-8-2-4-10(14(17)18)13(6-8)21-22(19,20)9-3-5-11(15)12(16)7-9/h2-7H,1H3,(H2,17,18). The maximum Gasteiger partial charge on any atom is 0.339 e. The van der Waals surface area contributed by atoms with Crippen molar-refractivity contribution in [1.29, 1.82) is 0 Å². The monoisotopic (exact) mass is 359 g/mol. The van der Waals surface area contributed by atoms with E-state index in [9.17, 15) is 13.2 Å². The first-order valence-electron chi connectivity index (χ1n) is 6.01. The lowest BCUT2D eigenvalue weighted by molar-refractivity contribution is 0.0999. The summed E-state index contributed by atoms with van der Waals surface area (Å²) in [6.07, 6.45) is 0. The van der Waals surface area contributed by atoms with Gasteiger partial charge in [0.15, 0.2) is 5.75 Å². The largest absolute Gasteiger partial charge is 0.378 e. The van der Waals surface area contributed by atoms with Gasteiger partial charge in [-0.1, -0.05) is 29.3 Å². The molecule has 2 rings (SSSR count). The highest BCUT2D eigenvalue weighted by Crippen LogP contribution is 2.28. The zero-order valence-electron chi connectivity index (χ0n) is 11.3. The van der Waals surface area contributed by atoms with Gasteiger partial charge in [-0.05, 0) is 42.8 Å². The van der Waals surface area contributed by atoms with Crippen LogP contribution in [-0.4, -0.2) is 14.3 Å². The van der Waals surface area contributed by atoms with Gasteiger partial charge in [-0.15, -0.1) is 0 Å². The van der Waals surface area contributed by atoms with Crippen molar-refractivity contribution in [3.8, 4) is 5.75 Å². The highest BCUT2D eigenvalue weighted by atomic mass is 35.5. The van der Waals surface area contributed by atoms with Crippen molar-refractivity contribution >= 4 is 39.2 Å². The third-order valence-corrected chi connectivity index (χ3v) is 4.75. The number of primary amides is 1. The van der Waals surface area contributed by atoms with Gasteiger partial charge in [0.2, 0.25) is 0 Å². The van der Waals surface area contributed by atoms with Crippen LogP contribution >= 0.6 is 23.2 Å². The molecule has 2 aromatic carbocycles. The van der Waals surface area contributed by atoms with Gasteiger partial charge in [-0.3, -0.25) is 4.79 Å². The van der Waals surface area contributed by atoms with Crippen LogP contribution in [0.3, 0.4) is 0 Å². The van der Waals surface area contributed by atoms with Gasteiger partial charge >= 0.3 is 10.1 Å². The second-order valence-electron chi connectivity index (χ2n) is 4.48. The predicted octanol–water partition coefficient (Wildman–Crippen LogP) is 3.17. The van der Waals surface area contributed by atoms with Crippen molar-refractivity contribution in [3.63, 3.8) is 0 Å². The van der Waals surface area contributed by atoms with Crippen molar-refractivity contribution in [2.45, 2.75) is 11.8 Å². The van der Waals surface area contributed by atoms with E-state index < -0.39 is 16.0 Å². The number of hydrogen-bond acceptors (Lipinski definition) is 4. The van der Waals surface area contributed by atoms with E-state index in [1.165, 1.54) is 30.3 Å². The lowest BCUT2D eigenvalue weighted by atomic mass is 10.1. The fourth-order valence-electron chi connectivity index (χ4n) is 1.70. The van der Waals surface area contributed by atoms with Crippen LogP contribution in [0, 0.1) is 6.92 Å². The Morgan fingerprint density at radius 2 is 1.77 bits per heavy atom. The third kappa shape index (κ3) is 3.52. The first-order chi connectivity index (χ1) is 10.2. The maximum atomic E-state index is 12.3. The van der Waals surface area contributed by atoms with Crippen molar-refractivity contribution in [1.82, 2.24) is 0 Å². The number of halogens is 2. The van der Waals surface area contributed by atoms with E-state index in [2.05, 4.69) is 0 Å². The molecule has 5 nitrogen and oxygen atoms in total. The van der Waals surface area contributed by atoms with E-state index in [1.54, 1.807) is 13.0 Å². The second-order valence-corrected chi connectivity index (χ2v) is 6.84. The molecule has 0 aliphatic carbocycles. The topological polar surface area (TPSA) is 86.5 Å². The summed E-state index contributed by atoms with van der Waals surface area (Å²) in [5, 5.41) is 0.291. The highest BCUT2D eigenvalue weighted by molar-refractivity contribution is 7.87. The molecule has 0 atom stereocenters. The van der Waals surface area contributed by atoms with E-state index in [1.807, 2.05) is 0 Å². The minimum absolute atomic E-state index is 0.0331. The average molecular weight is 360 g/mol. The highest BCUT2D eigenvalue weighted by Gasteiger charge is 2.21. The molecule has 116 valence electrons. The number of amides is 1. The zero-order valence-corrected chi connectivity index (χ0v) is 13.7. The van der Waals surface area contributed by atoms with Crippen molar-refractivity contribution in [2.24, 2.45) is 5.73 Å². The number of rotatable bonds is 4. The molecule has 0 radical (unpaired) electrons. The molecule has 0 aliphatic heterocycles. The van der Waals surface area contributed by atoms with Gasteiger partial charge in [0, 0.05) is 0 Å². The Balaban J connectivity index is 2.47. The number of carbonyl (C=O) groups is 1. The Morgan fingerprint density at radius 1 is 1.09 bits per heavy atom. The molecule has 22 heavy (non-hydrogen) atoms. The predicted molar refractivity (Wildman–Crippen MR) is 84.0 cm³/mol. The lowest BCUT2D eigenvalue weighted by Crippen LogP contribution is -2.16. The van der Waals surface area contributed by atoms with E-state index in [4.69, 9.17) is 33.1 Å². The molecule has 1 amide bonds. The summed E-state index contributed by atoms with van der Waals surface area (Å²) in [4.78, 5) is 11.2. The number of nitrogens with two attached hydrogens (primary N) is 1. The molecular formula is C14H11Cl2NO4S. The first-order valence-corrected chi connectivity index (χ1v) is 8.17. The summed E-state index contributed by atoms with van der Waals surface area (Å²) >= 11 is 11.6. The van der Waals surface area contributed by atoms with Gasteiger partial charge in [0.25, 0.3) is 5.91 Å². The van der Waals surface area contributed by atoms with Crippen LogP contribution < -0.4 is 9.92 Å². The molecule has 2 aromatic rings. The summed E-state index contributed by atoms with van der Waals surface area (Å²) in [5.41, 5.74) is 5.89. The summed E-state index contributed by atoms with van der Waals surface area (Å²) < 4.78 is 29.6. The Labute approximate surface area is 137 Å². The van der Waals surface area contributed by atoms with Crippen LogP contribution in [0.4, 0.5) is 0 Å². The van der Waals surface area contributed by atoms with Gasteiger partial charge in [0.05, 0.1) is 15.6 Å². The van der Waals surface area contributed by atoms with Gasteiger partial charge < -0.3 is 9.92 Å². The summed E-state index contributed by atoms with van der Waals surface area (Å²) in [5.74, 6) is -0.932. The van der Waals surface area contributed by atoms with Crippen LogP contribution in [0.25, 0.3) is 0 Å². The normalized spacial score (nSPS) is 11.2. The van der Waals surface area contributed by atoms with E-state index in [0.29, 0.717) is 5.56 Å². The van der Waals surface area contributed by atoms with E-state index in [-0.39, 0.29) is 26.3 Å². The fraction of sp³-hybridized carbons (Fsp3) is 0.0714. The van der Waals surface area contributed by atoms with Crippen molar-refractivity contribution in [3.05, 3.63) is 57.6 Å². The minimum Gasteiger partial charge on any atom is -0.378 e. The maximum absolute atomic E-state index is 12.3. The van der Waals surface area contributed by atoms with Gasteiger partial charge in [0.1, 0.15) is 4.90 Å². The summed E-state index contributed by atoms with van der Waals surface area (Å²) in [7, 11) is -4.18. The lowest BCUT2D eigenvalue weighted by Gasteiger charge is -2.11. The number of hydrogen-bond donors (Lipinski definition) is 1. The van der Waals surface area contributed by atoms with Crippen LogP contribution in [0.5, 0.6) is 5.75 Å². The molecule has 0 saturated carbocycles.